The van der Waals surface area contributed by atoms with Gasteiger partial charge in [-0.05, 0) is 30.7 Å². The first kappa shape index (κ1) is 16.7. The summed E-state index contributed by atoms with van der Waals surface area (Å²) in [5.74, 6) is 0.0230. The molecule has 2 aromatic rings. The Morgan fingerprint density at radius 1 is 1.30 bits per heavy atom. The molecule has 7 nitrogen and oxygen atoms in total. The summed E-state index contributed by atoms with van der Waals surface area (Å²) >= 11 is 6.04. The Hall–Kier alpha value is -2.67. The van der Waals surface area contributed by atoms with Crippen LogP contribution in [0.15, 0.2) is 24.3 Å². The molecular formula is C15H17ClN4O3. The third kappa shape index (κ3) is 3.95. The van der Waals surface area contributed by atoms with Gasteiger partial charge in [0.05, 0.1) is 17.9 Å². The third-order valence-electron chi connectivity index (χ3n) is 3.02. The molecule has 0 aliphatic carbocycles. The summed E-state index contributed by atoms with van der Waals surface area (Å²) in [6.07, 6.45) is 0.841. The van der Waals surface area contributed by atoms with E-state index < -0.39 is 11.9 Å². The van der Waals surface area contributed by atoms with Crippen LogP contribution in [0, 0.1) is 0 Å². The van der Waals surface area contributed by atoms with E-state index in [1.165, 1.54) is 6.07 Å². The summed E-state index contributed by atoms with van der Waals surface area (Å²) in [4.78, 5) is 25.5. The van der Waals surface area contributed by atoms with Crippen LogP contribution in [-0.4, -0.2) is 23.5 Å². The first-order valence-electron chi connectivity index (χ1n) is 6.94. The van der Waals surface area contributed by atoms with Gasteiger partial charge < -0.3 is 21.2 Å². The van der Waals surface area contributed by atoms with Gasteiger partial charge in [0, 0.05) is 10.6 Å². The van der Waals surface area contributed by atoms with E-state index in [1.54, 1.807) is 18.2 Å². The standard InChI is InChI=1S/C15H17ClN4O3/c1-2-5-23-12-4-3-8(16)6-9(12)11-7-10(13(17)21)14(19-11)20-15(18)22/h3-4,6-7,19H,2,5H2,1H3,(H2,17,21)(H3,18,20,22). The lowest BCUT2D eigenvalue weighted by Crippen LogP contribution is -2.22. The van der Waals surface area contributed by atoms with Gasteiger partial charge >= 0.3 is 6.03 Å². The monoisotopic (exact) mass is 336 g/mol. The minimum Gasteiger partial charge on any atom is -0.493 e. The molecule has 0 fully saturated rings. The largest absolute Gasteiger partial charge is 0.493 e. The molecule has 23 heavy (non-hydrogen) atoms. The Morgan fingerprint density at radius 3 is 2.65 bits per heavy atom. The van der Waals surface area contributed by atoms with Crippen molar-refractivity contribution >= 4 is 29.4 Å². The van der Waals surface area contributed by atoms with Gasteiger partial charge in [0.25, 0.3) is 5.91 Å². The van der Waals surface area contributed by atoms with Crippen molar-refractivity contribution in [2.45, 2.75) is 13.3 Å². The summed E-state index contributed by atoms with van der Waals surface area (Å²) in [5, 5.41) is 2.83. The van der Waals surface area contributed by atoms with Gasteiger partial charge in [-0.2, -0.15) is 0 Å². The number of halogens is 1. The van der Waals surface area contributed by atoms with E-state index in [2.05, 4.69) is 10.3 Å². The van der Waals surface area contributed by atoms with Crippen LogP contribution in [0.2, 0.25) is 5.02 Å². The fourth-order valence-corrected chi connectivity index (χ4v) is 2.24. The molecule has 0 radical (unpaired) electrons. The zero-order chi connectivity index (χ0) is 17.0. The number of ether oxygens (including phenoxy) is 1. The number of urea groups is 1. The number of nitrogens with one attached hydrogen (secondary N) is 2. The number of benzene rings is 1. The molecule has 3 amide bonds. The maximum Gasteiger partial charge on any atom is 0.317 e. The number of hydrogen-bond acceptors (Lipinski definition) is 3. The highest BCUT2D eigenvalue weighted by atomic mass is 35.5. The van der Waals surface area contributed by atoms with Crippen molar-refractivity contribution in [2.24, 2.45) is 11.5 Å². The molecule has 1 heterocycles. The molecule has 6 N–H and O–H groups in total. The quantitative estimate of drug-likeness (QED) is 0.648. The Kier molecular flexibility index (Phi) is 5.13. The molecule has 0 saturated carbocycles. The van der Waals surface area contributed by atoms with Crippen LogP contribution >= 0.6 is 11.6 Å². The van der Waals surface area contributed by atoms with Gasteiger partial charge in [-0.1, -0.05) is 18.5 Å². The number of hydrogen-bond donors (Lipinski definition) is 4. The van der Waals surface area contributed by atoms with Gasteiger partial charge in [-0.3, -0.25) is 10.1 Å². The summed E-state index contributed by atoms with van der Waals surface area (Å²) in [6.45, 7) is 2.52. The van der Waals surface area contributed by atoms with Crippen molar-refractivity contribution in [3.8, 4) is 17.0 Å². The van der Waals surface area contributed by atoms with Crippen molar-refractivity contribution in [2.75, 3.05) is 11.9 Å². The van der Waals surface area contributed by atoms with Gasteiger partial charge in [0.15, 0.2) is 0 Å². The number of H-pyrrole nitrogens is 1. The highest BCUT2D eigenvalue weighted by Crippen LogP contribution is 2.34. The molecule has 0 aliphatic rings. The normalized spacial score (nSPS) is 10.3. The summed E-state index contributed by atoms with van der Waals surface area (Å²) in [6, 6.07) is 5.83. The average Bonchev–Trinajstić information content (AvgIpc) is 2.89. The van der Waals surface area contributed by atoms with Gasteiger partial charge in [-0.25, -0.2) is 4.79 Å². The SMILES string of the molecule is CCCOc1ccc(Cl)cc1-c1cc(C(N)=O)c(NC(N)=O)[nH]1. The lowest BCUT2D eigenvalue weighted by atomic mass is 10.1. The summed E-state index contributed by atoms with van der Waals surface area (Å²) < 4.78 is 5.68. The Morgan fingerprint density at radius 2 is 2.04 bits per heavy atom. The molecular weight excluding hydrogens is 320 g/mol. The second kappa shape index (κ2) is 7.06. The number of carbonyl (C=O) groups is 2. The molecule has 8 heteroatoms. The molecule has 0 atom stereocenters. The van der Waals surface area contributed by atoms with Crippen molar-refractivity contribution in [1.29, 1.82) is 0 Å². The minimum atomic E-state index is -0.811. The minimum absolute atomic E-state index is 0.111. The summed E-state index contributed by atoms with van der Waals surface area (Å²) in [5.41, 5.74) is 11.7. The smallest absolute Gasteiger partial charge is 0.317 e. The van der Waals surface area contributed by atoms with Crippen LogP contribution in [0.4, 0.5) is 10.6 Å². The van der Waals surface area contributed by atoms with E-state index >= 15 is 0 Å². The fourth-order valence-electron chi connectivity index (χ4n) is 2.07. The van der Waals surface area contributed by atoms with Crippen LogP contribution in [0.1, 0.15) is 23.7 Å². The zero-order valence-corrected chi connectivity index (χ0v) is 13.2. The van der Waals surface area contributed by atoms with Gasteiger partial charge in [0.1, 0.15) is 11.6 Å². The number of aromatic amines is 1. The molecule has 1 aromatic heterocycles. The highest BCUT2D eigenvalue weighted by molar-refractivity contribution is 6.31. The van der Waals surface area contributed by atoms with Gasteiger partial charge in [-0.15, -0.1) is 0 Å². The summed E-state index contributed by atoms with van der Waals surface area (Å²) in [7, 11) is 0. The molecule has 2 rings (SSSR count). The Labute approximate surface area is 137 Å². The topological polar surface area (TPSA) is 123 Å². The first-order valence-corrected chi connectivity index (χ1v) is 7.32. The Bertz CT molecular complexity index is 742. The van der Waals surface area contributed by atoms with E-state index in [0.717, 1.165) is 6.42 Å². The molecule has 122 valence electrons. The molecule has 1 aromatic carbocycles. The lowest BCUT2D eigenvalue weighted by molar-refractivity contribution is 0.100. The predicted molar refractivity (Wildman–Crippen MR) is 88.7 cm³/mol. The molecule has 0 bridgehead atoms. The second-order valence-electron chi connectivity index (χ2n) is 4.81. The maximum atomic E-state index is 11.5. The number of rotatable bonds is 6. The Balaban J connectivity index is 2.51. The van der Waals surface area contributed by atoms with Crippen molar-refractivity contribution in [1.82, 2.24) is 4.98 Å². The van der Waals surface area contributed by atoms with Crippen LogP contribution in [-0.2, 0) is 0 Å². The lowest BCUT2D eigenvalue weighted by Gasteiger charge is -2.10. The van der Waals surface area contributed by atoms with Crippen LogP contribution < -0.4 is 21.5 Å². The molecule has 0 unspecified atom stereocenters. The van der Waals surface area contributed by atoms with Crippen LogP contribution in [0.25, 0.3) is 11.3 Å². The fraction of sp³-hybridized carbons (Fsp3) is 0.200. The molecule has 0 aliphatic heterocycles. The van der Waals surface area contributed by atoms with E-state index in [9.17, 15) is 9.59 Å². The van der Waals surface area contributed by atoms with Crippen LogP contribution in [0.5, 0.6) is 5.75 Å². The van der Waals surface area contributed by atoms with Crippen LogP contribution in [0.3, 0.4) is 0 Å². The zero-order valence-electron chi connectivity index (χ0n) is 12.5. The van der Waals surface area contributed by atoms with E-state index in [-0.39, 0.29) is 11.4 Å². The van der Waals surface area contributed by atoms with E-state index in [4.69, 9.17) is 27.8 Å². The molecule has 0 spiro atoms. The average molecular weight is 337 g/mol. The number of carbonyl (C=O) groups excluding carboxylic acids is 2. The van der Waals surface area contributed by atoms with E-state index in [0.29, 0.717) is 28.6 Å². The van der Waals surface area contributed by atoms with Crippen molar-refractivity contribution < 1.29 is 14.3 Å². The third-order valence-corrected chi connectivity index (χ3v) is 3.26. The van der Waals surface area contributed by atoms with Crippen molar-refractivity contribution in [3.05, 3.63) is 34.9 Å². The first-order chi connectivity index (χ1) is 10.9. The second-order valence-corrected chi connectivity index (χ2v) is 5.25. The molecule has 0 saturated heterocycles. The number of primary amides is 2. The number of anilines is 1. The van der Waals surface area contributed by atoms with Gasteiger partial charge in [0.2, 0.25) is 0 Å². The predicted octanol–water partition coefficient (Wildman–Crippen LogP) is 2.71. The number of aromatic nitrogens is 1. The van der Waals surface area contributed by atoms with E-state index in [1.807, 2.05) is 6.92 Å². The maximum absolute atomic E-state index is 11.5. The highest BCUT2D eigenvalue weighted by Gasteiger charge is 2.17. The number of amides is 3. The van der Waals surface area contributed by atoms with Crippen molar-refractivity contribution in [3.63, 3.8) is 0 Å². The number of nitrogens with two attached hydrogens (primary N) is 2.